The fourth-order valence-electron chi connectivity index (χ4n) is 3.05. The van der Waals surface area contributed by atoms with E-state index in [9.17, 15) is 14.7 Å². The van der Waals surface area contributed by atoms with Gasteiger partial charge in [0.15, 0.2) is 0 Å². The smallest absolute Gasteiger partial charge is 0.414 e. The molecule has 0 bridgehead atoms. The summed E-state index contributed by atoms with van der Waals surface area (Å²) in [7, 11) is 0. The quantitative estimate of drug-likeness (QED) is 0.934. The molecule has 0 spiro atoms. The number of nitrogens with zero attached hydrogens (tertiary/aromatic N) is 1. The molecule has 0 saturated heterocycles. The van der Waals surface area contributed by atoms with Crippen molar-refractivity contribution in [2.45, 2.75) is 20.0 Å². The average Bonchev–Trinajstić information content (AvgIpc) is 2.59. The van der Waals surface area contributed by atoms with Crippen LogP contribution in [0.4, 0.5) is 10.5 Å². The van der Waals surface area contributed by atoms with E-state index in [1.165, 1.54) is 11.0 Å². The number of anilines is 1. The highest BCUT2D eigenvalue weighted by molar-refractivity contribution is 6.01. The van der Waals surface area contributed by atoms with Gasteiger partial charge in [-0.25, -0.2) is 9.59 Å². The second-order valence-corrected chi connectivity index (χ2v) is 6.08. The van der Waals surface area contributed by atoms with Gasteiger partial charge in [-0.1, -0.05) is 49.4 Å². The van der Waals surface area contributed by atoms with E-state index in [4.69, 9.17) is 4.74 Å². The number of fused-ring (bicyclic) bond motifs is 1. The van der Waals surface area contributed by atoms with E-state index in [0.29, 0.717) is 12.2 Å². The minimum Gasteiger partial charge on any atom is -0.478 e. The fourth-order valence-corrected chi connectivity index (χ4v) is 3.05. The highest BCUT2D eigenvalue weighted by atomic mass is 16.6. The van der Waals surface area contributed by atoms with Crippen LogP contribution in [0.2, 0.25) is 0 Å². The van der Waals surface area contributed by atoms with E-state index in [1.807, 2.05) is 43.3 Å². The van der Waals surface area contributed by atoms with Gasteiger partial charge in [-0.15, -0.1) is 0 Å². The molecule has 3 rings (SSSR count). The number of hydrogen-bond donors (Lipinski definition) is 1. The van der Waals surface area contributed by atoms with Crippen LogP contribution in [0.3, 0.4) is 0 Å². The molecule has 1 atom stereocenters. The Hall–Kier alpha value is -2.82. The first-order chi connectivity index (χ1) is 11.6. The number of aromatic carboxylic acids is 1. The van der Waals surface area contributed by atoms with Crippen molar-refractivity contribution >= 4 is 17.7 Å². The summed E-state index contributed by atoms with van der Waals surface area (Å²) in [5, 5.41) is 9.44. The summed E-state index contributed by atoms with van der Waals surface area (Å²) >= 11 is 0. The number of benzene rings is 2. The normalized spacial score (nSPS) is 16.4. The molecule has 1 N–H and O–H groups in total. The number of rotatable bonds is 3. The highest BCUT2D eigenvalue weighted by Crippen LogP contribution is 2.33. The molecule has 1 amide bonds. The van der Waals surface area contributed by atoms with Gasteiger partial charge < -0.3 is 9.84 Å². The molecule has 124 valence electrons. The Morgan fingerprint density at radius 3 is 2.62 bits per heavy atom. The lowest BCUT2D eigenvalue weighted by atomic mass is 9.92. The third-order valence-corrected chi connectivity index (χ3v) is 4.11. The second-order valence-electron chi connectivity index (χ2n) is 6.08. The fraction of sp³-hybridized carbons (Fsp3) is 0.263. The molecule has 24 heavy (non-hydrogen) atoms. The topological polar surface area (TPSA) is 66.8 Å². The van der Waals surface area contributed by atoms with Gasteiger partial charge in [0.1, 0.15) is 6.61 Å². The number of amides is 1. The lowest BCUT2D eigenvalue weighted by molar-refractivity contribution is 0.0697. The lowest BCUT2D eigenvalue weighted by Crippen LogP contribution is -2.40. The summed E-state index contributed by atoms with van der Waals surface area (Å²) in [6, 6.07) is 14.5. The van der Waals surface area contributed by atoms with Crippen LogP contribution >= 0.6 is 0 Å². The molecule has 0 radical (unpaired) electrons. The maximum atomic E-state index is 12.6. The first-order valence-electron chi connectivity index (χ1n) is 7.89. The van der Waals surface area contributed by atoms with Crippen LogP contribution in [0.5, 0.6) is 0 Å². The SMILES string of the molecule is CC1Cc2cccc(C(=O)O)c2N(C(=O)OCc2ccccc2)C1. The third-order valence-electron chi connectivity index (χ3n) is 4.11. The van der Waals surface area contributed by atoms with Gasteiger partial charge in [-0.3, -0.25) is 4.90 Å². The molecular weight excluding hydrogens is 306 g/mol. The first kappa shape index (κ1) is 16.1. The maximum Gasteiger partial charge on any atom is 0.414 e. The van der Waals surface area contributed by atoms with Crippen molar-refractivity contribution in [3.05, 3.63) is 65.2 Å². The maximum absolute atomic E-state index is 12.6. The van der Waals surface area contributed by atoms with E-state index >= 15 is 0 Å². The van der Waals surface area contributed by atoms with Crippen molar-refractivity contribution in [1.29, 1.82) is 0 Å². The second kappa shape index (κ2) is 6.74. The molecule has 2 aromatic rings. The third kappa shape index (κ3) is 3.25. The van der Waals surface area contributed by atoms with E-state index in [1.54, 1.807) is 6.07 Å². The van der Waals surface area contributed by atoms with E-state index < -0.39 is 12.1 Å². The van der Waals surface area contributed by atoms with Crippen molar-refractivity contribution in [3.63, 3.8) is 0 Å². The Kier molecular flexibility index (Phi) is 4.51. The molecule has 1 heterocycles. The van der Waals surface area contributed by atoms with E-state index in [-0.39, 0.29) is 18.1 Å². The van der Waals surface area contributed by atoms with Crippen LogP contribution in [0.25, 0.3) is 0 Å². The number of para-hydroxylation sites is 1. The molecule has 0 fully saturated rings. The molecule has 0 aromatic heterocycles. The zero-order valence-corrected chi connectivity index (χ0v) is 13.4. The zero-order valence-electron chi connectivity index (χ0n) is 13.4. The van der Waals surface area contributed by atoms with E-state index in [2.05, 4.69) is 0 Å². The Morgan fingerprint density at radius 1 is 1.17 bits per heavy atom. The Labute approximate surface area is 140 Å². The lowest BCUT2D eigenvalue weighted by Gasteiger charge is -2.33. The number of carbonyl (C=O) groups excluding carboxylic acids is 1. The van der Waals surface area contributed by atoms with Crippen molar-refractivity contribution in [2.75, 3.05) is 11.4 Å². The molecule has 1 unspecified atom stereocenters. The molecule has 0 saturated carbocycles. The van der Waals surface area contributed by atoms with Crippen LogP contribution in [0, 0.1) is 5.92 Å². The van der Waals surface area contributed by atoms with Crippen LogP contribution in [0.1, 0.15) is 28.4 Å². The minimum absolute atomic E-state index is 0.135. The summed E-state index contributed by atoms with van der Waals surface area (Å²) in [5.41, 5.74) is 2.35. The number of hydrogen-bond acceptors (Lipinski definition) is 3. The predicted molar refractivity (Wildman–Crippen MR) is 90.2 cm³/mol. The molecule has 2 aromatic carbocycles. The minimum atomic E-state index is -1.04. The standard InChI is InChI=1S/C19H19NO4/c1-13-10-15-8-5-9-16(18(21)22)17(15)20(11-13)19(23)24-12-14-6-3-2-4-7-14/h2-9,13H,10-12H2,1H3,(H,21,22). The molecular formula is C19H19NO4. The summed E-state index contributed by atoms with van der Waals surface area (Å²) in [4.78, 5) is 25.5. The van der Waals surface area contributed by atoms with Gasteiger partial charge >= 0.3 is 12.1 Å². The Morgan fingerprint density at radius 2 is 1.92 bits per heavy atom. The van der Waals surface area contributed by atoms with Gasteiger partial charge in [0.05, 0.1) is 11.3 Å². The van der Waals surface area contributed by atoms with Crippen molar-refractivity contribution in [1.82, 2.24) is 0 Å². The van der Waals surface area contributed by atoms with Crippen LogP contribution in [-0.2, 0) is 17.8 Å². The molecule has 0 aliphatic carbocycles. The van der Waals surface area contributed by atoms with Gasteiger partial charge in [-0.05, 0) is 29.5 Å². The van der Waals surface area contributed by atoms with Crippen molar-refractivity contribution < 1.29 is 19.4 Å². The van der Waals surface area contributed by atoms with Crippen molar-refractivity contribution in [2.24, 2.45) is 5.92 Å². The summed E-state index contributed by atoms with van der Waals surface area (Å²) < 4.78 is 5.40. The number of carboxylic acids is 1. The predicted octanol–water partition coefficient (Wildman–Crippen LogP) is 3.72. The summed E-state index contributed by atoms with van der Waals surface area (Å²) in [6.45, 7) is 2.65. The molecule has 1 aliphatic heterocycles. The van der Waals surface area contributed by atoms with Crippen LogP contribution in [-0.4, -0.2) is 23.7 Å². The Bertz CT molecular complexity index is 757. The van der Waals surface area contributed by atoms with Crippen LogP contribution in [0.15, 0.2) is 48.5 Å². The monoisotopic (exact) mass is 325 g/mol. The number of carboxylic acid groups (broad SMARTS) is 1. The van der Waals surface area contributed by atoms with Gasteiger partial charge in [0.25, 0.3) is 0 Å². The van der Waals surface area contributed by atoms with Crippen molar-refractivity contribution in [3.8, 4) is 0 Å². The number of ether oxygens (including phenoxy) is 1. The molecule has 5 nitrogen and oxygen atoms in total. The summed E-state index contributed by atoms with van der Waals surface area (Å²) in [6.07, 6.45) is 0.235. The summed E-state index contributed by atoms with van der Waals surface area (Å²) in [5.74, 6) is -0.798. The molecule has 1 aliphatic rings. The molecule has 5 heteroatoms. The highest BCUT2D eigenvalue weighted by Gasteiger charge is 2.31. The first-order valence-corrected chi connectivity index (χ1v) is 7.89. The van der Waals surface area contributed by atoms with Gasteiger partial charge in [0.2, 0.25) is 0 Å². The average molecular weight is 325 g/mol. The van der Waals surface area contributed by atoms with Crippen LogP contribution < -0.4 is 4.90 Å². The van der Waals surface area contributed by atoms with E-state index in [0.717, 1.165) is 17.5 Å². The van der Waals surface area contributed by atoms with Gasteiger partial charge in [-0.2, -0.15) is 0 Å². The Balaban J connectivity index is 1.86. The largest absolute Gasteiger partial charge is 0.478 e. The van der Waals surface area contributed by atoms with Gasteiger partial charge in [0, 0.05) is 6.54 Å². The zero-order chi connectivity index (χ0) is 17.1. The number of carbonyl (C=O) groups is 2.